The van der Waals surface area contributed by atoms with Crippen LogP contribution >= 0.6 is 0 Å². The summed E-state index contributed by atoms with van der Waals surface area (Å²) in [4.78, 5) is 19.6. The molecule has 0 bridgehead atoms. The lowest BCUT2D eigenvalue weighted by atomic mass is 9.96. The van der Waals surface area contributed by atoms with Crippen LogP contribution in [0.4, 0.5) is 0 Å². The minimum Gasteiger partial charge on any atom is -0.361 e. The van der Waals surface area contributed by atoms with E-state index in [1.165, 1.54) is 0 Å². The molecule has 25 heavy (non-hydrogen) atoms. The Morgan fingerprint density at radius 1 is 1.32 bits per heavy atom. The number of piperidine rings is 1. The molecule has 0 aliphatic carbocycles. The molecule has 6 heteroatoms. The summed E-state index contributed by atoms with van der Waals surface area (Å²) in [5, 5.41) is 3.99. The molecule has 1 aliphatic rings. The van der Waals surface area contributed by atoms with Crippen molar-refractivity contribution in [2.75, 3.05) is 13.1 Å². The van der Waals surface area contributed by atoms with Crippen LogP contribution in [0, 0.1) is 13.8 Å². The van der Waals surface area contributed by atoms with Crippen LogP contribution < -0.4 is 0 Å². The third kappa shape index (κ3) is 3.34. The van der Waals surface area contributed by atoms with Crippen molar-refractivity contribution >= 4 is 5.91 Å². The van der Waals surface area contributed by atoms with Gasteiger partial charge in [-0.25, -0.2) is 4.98 Å². The number of hydrogen-bond donors (Lipinski definition) is 0. The molecule has 1 saturated heterocycles. The van der Waals surface area contributed by atoms with Gasteiger partial charge in [0.25, 0.3) is 0 Å². The molecular formula is C19H28N4O2. The topological polar surface area (TPSA) is 64.2 Å². The highest BCUT2D eigenvalue weighted by molar-refractivity contribution is 5.84. The maximum Gasteiger partial charge on any atom is 0.230 e. The van der Waals surface area contributed by atoms with E-state index in [1.807, 2.05) is 38.1 Å². The molecule has 3 rings (SSSR count). The minimum atomic E-state index is -0.225. The number of carbonyl (C=O) groups is 1. The summed E-state index contributed by atoms with van der Waals surface area (Å²) >= 11 is 0. The van der Waals surface area contributed by atoms with Crippen LogP contribution in [-0.4, -0.2) is 38.6 Å². The number of imidazole rings is 1. The molecule has 0 aromatic carbocycles. The van der Waals surface area contributed by atoms with Crippen molar-refractivity contribution in [2.24, 2.45) is 0 Å². The van der Waals surface area contributed by atoms with E-state index in [-0.39, 0.29) is 11.8 Å². The molecule has 1 amide bonds. The quantitative estimate of drug-likeness (QED) is 0.850. The van der Waals surface area contributed by atoms with Gasteiger partial charge in [-0.1, -0.05) is 19.0 Å². The molecule has 0 unspecified atom stereocenters. The van der Waals surface area contributed by atoms with Crippen LogP contribution in [0.15, 0.2) is 16.9 Å². The molecule has 136 valence electrons. The van der Waals surface area contributed by atoms with Crippen molar-refractivity contribution in [3.63, 3.8) is 0 Å². The van der Waals surface area contributed by atoms with Crippen LogP contribution in [0.25, 0.3) is 0 Å². The molecule has 1 fully saturated rings. The maximum atomic E-state index is 13.1. The number of amides is 1. The fraction of sp³-hybridized carbons (Fsp3) is 0.632. The zero-order chi connectivity index (χ0) is 18.1. The Kier molecular flexibility index (Phi) is 4.97. The van der Waals surface area contributed by atoms with Gasteiger partial charge in [-0.15, -0.1) is 0 Å². The van der Waals surface area contributed by atoms with E-state index in [0.717, 1.165) is 48.8 Å². The molecule has 2 aromatic rings. The summed E-state index contributed by atoms with van der Waals surface area (Å²) in [7, 11) is 0. The van der Waals surface area contributed by atoms with Crippen LogP contribution in [0.2, 0.25) is 0 Å². The Morgan fingerprint density at radius 3 is 2.72 bits per heavy atom. The highest BCUT2D eigenvalue weighted by Gasteiger charge is 2.31. The fourth-order valence-electron chi connectivity index (χ4n) is 3.97. The molecule has 2 atom stereocenters. The zero-order valence-electron chi connectivity index (χ0n) is 15.8. The van der Waals surface area contributed by atoms with Crippen LogP contribution in [-0.2, 0) is 4.79 Å². The number of aromatic nitrogens is 3. The lowest BCUT2D eigenvalue weighted by molar-refractivity contribution is -0.134. The van der Waals surface area contributed by atoms with Gasteiger partial charge in [0.1, 0.15) is 11.6 Å². The second-order valence-corrected chi connectivity index (χ2v) is 7.39. The molecule has 6 nitrogen and oxygen atoms in total. The second-order valence-electron chi connectivity index (χ2n) is 7.39. The predicted molar refractivity (Wildman–Crippen MR) is 95.6 cm³/mol. The number of hydrogen-bond acceptors (Lipinski definition) is 4. The third-order valence-corrected chi connectivity index (χ3v) is 5.21. The average Bonchev–Trinajstić information content (AvgIpc) is 3.21. The SMILES string of the molecule is Cc1noc(C)c1[C@@H](C)C(=O)N1CCC[C@@H](n2ccnc2C(C)C)C1. The summed E-state index contributed by atoms with van der Waals surface area (Å²) in [5.41, 5.74) is 1.74. The van der Waals surface area contributed by atoms with Gasteiger partial charge in [-0.05, 0) is 33.6 Å². The Hall–Kier alpha value is -2.11. The Labute approximate surface area is 149 Å². The van der Waals surface area contributed by atoms with E-state index in [2.05, 4.69) is 28.6 Å². The number of carbonyl (C=O) groups excluding carboxylic acids is 1. The Morgan fingerprint density at radius 2 is 2.08 bits per heavy atom. The van der Waals surface area contributed by atoms with Crippen LogP contribution in [0.5, 0.6) is 0 Å². The first-order valence-electron chi connectivity index (χ1n) is 9.14. The number of aryl methyl sites for hydroxylation is 2. The largest absolute Gasteiger partial charge is 0.361 e. The first kappa shape index (κ1) is 17.7. The number of nitrogens with zero attached hydrogens (tertiary/aromatic N) is 4. The normalized spacial score (nSPS) is 19.4. The molecule has 0 saturated carbocycles. The molecule has 0 radical (unpaired) electrons. The second kappa shape index (κ2) is 7.02. The first-order chi connectivity index (χ1) is 11.9. The standard InChI is InChI=1S/C19H28N4O2/c1-12(2)18-20-8-10-23(18)16-7-6-9-22(11-16)19(24)13(3)17-14(4)21-25-15(17)5/h8,10,12-13,16H,6-7,9,11H2,1-5H3/t13-,16-/m1/s1. The van der Waals surface area contributed by atoms with Gasteiger partial charge in [0.05, 0.1) is 17.7 Å². The van der Waals surface area contributed by atoms with E-state index in [4.69, 9.17) is 4.52 Å². The molecule has 3 heterocycles. The number of likely N-dealkylation sites (tertiary alicyclic amines) is 1. The van der Waals surface area contributed by atoms with Crippen molar-refractivity contribution in [3.8, 4) is 0 Å². The highest BCUT2D eigenvalue weighted by atomic mass is 16.5. The summed E-state index contributed by atoms with van der Waals surface area (Å²) < 4.78 is 7.50. The molecular weight excluding hydrogens is 316 g/mol. The monoisotopic (exact) mass is 344 g/mol. The summed E-state index contributed by atoms with van der Waals surface area (Å²) in [6.07, 6.45) is 6.01. The van der Waals surface area contributed by atoms with Gasteiger partial charge in [-0.3, -0.25) is 4.79 Å². The lowest BCUT2D eigenvalue weighted by Gasteiger charge is -2.35. The maximum absolute atomic E-state index is 13.1. The van der Waals surface area contributed by atoms with Crippen molar-refractivity contribution in [1.82, 2.24) is 19.6 Å². The first-order valence-corrected chi connectivity index (χ1v) is 9.14. The van der Waals surface area contributed by atoms with Gasteiger partial charge in [0, 0.05) is 37.0 Å². The summed E-state index contributed by atoms with van der Waals surface area (Å²) in [6, 6.07) is 0.300. The van der Waals surface area contributed by atoms with Crippen molar-refractivity contribution in [2.45, 2.75) is 65.3 Å². The fourth-order valence-corrected chi connectivity index (χ4v) is 3.97. The predicted octanol–water partition coefficient (Wildman–Crippen LogP) is 3.58. The smallest absolute Gasteiger partial charge is 0.230 e. The lowest BCUT2D eigenvalue weighted by Crippen LogP contribution is -2.42. The molecule has 2 aromatic heterocycles. The van der Waals surface area contributed by atoms with E-state index < -0.39 is 0 Å². The minimum absolute atomic E-state index is 0.158. The highest BCUT2D eigenvalue weighted by Crippen LogP contribution is 2.30. The summed E-state index contributed by atoms with van der Waals surface area (Å²) in [5.74, 6) is 2.15. The van der Waals surface area contributed by atoms with Crippen LogP contribution in [0.3, 0.4) is 0 Å². The van der Waals surface area contributed by atoms with E-state index in [0.29, 0.717) is 12.0 Å². The molecule has 0 N–H and O–H groups in total. The Balaban J connectivity index is 1.77. The third-order valence-electron chi connectivity index (χ3n) is 5.21. The number of rotatable bonds is 4. The van der Waals surface area contributed by atoms with Gasteiger partial charge in [-0.2, -0.15) is 0 Å². The molecule has 0 spiro atoms. The van der Waals surface area contributed by atoms with Gasteiger partial charge < -0.3 is 14.0 Å². The van der Waals surface area contributed by atoms with E-state index in [1.54, 1.807) is 0 Å². The average molecular weight is 344 g/mol. The Bertz CT molecular complexity index is 727. The van der Waals surface area contributed by atoms with Gasteiger partial charge in [0.15, 0.2) is 0 Å². The van der Waals surface area contributed by atoms with Gasteiger partial charge >= 0.3 is 0 Å². The van der Waals surface area contributed by atoms with Crippen molar-refractivity contribution in [3.05, 3.63) is 35.2 Å². The van der Waals surface area contributed by atoms with E-state index in [9.17, 15) is 4.79 Å². The summed E-state index contributed by atoms with van der Waals surface area (Å²) in [6.45, 7) is 11.6. The van der Waals surface area contributed by atoms with Gasteiger partial charge in [0.2, 0.25) is 5.91 Å². The van der Waals surface area contributed by atoms with Crippen LogP contribution in [0.1, 0.15) is 74.3 Å². The molecule has 1 aliphatic heterocycles. The van der Waals surface area contributed by atoms with Crippen molar-refractivity contribution in [1.29, 1.82) is 0 Å². The van der Waals surface area contributed by atoms with E-state index >= 15 is 0 Å². The van der Waals surface area contributed by atoms with Crippen molar-refractivity contribution < 1.29 is 9.32 Å². The zero-order valence-corrected chi connectivity index (χ0v) is 15.8.